The van der Waals surface area contributed by atoms with E-state index in [0.717, 1.165) is 5.52 Å². The maximum atomic E-state index is 10.4. The van der Waals surface area contributed by atoms with E-state index in [9.17, 15) is 4.79 Å². The quantitative estimate of drug-likeness (QED) is 0.551. The van der Waals surface area contributed by atoms with Crippen molar-refractivity contribution in [3.8, 4) is 0 Å². The van der Waals surface area contributed by atoms with Crippen LogP contribution in [0.5, 0.6) is 0 Å². The third kappa shape index (κ3) is 0.797. The van der Waals surface area contributed by atoms with Gasteiger partial charge >= 0.3 is 0 Å². The number of pyridine rings is 1. The van der Waals surface area contributed by atoms with Gasteiger partial charge in [0.25, 0.3) is 0 Å². The summed E-state index contributed by atoms with van der Waals surface area (Å²) in [6.45, 7) is 0. The third-order valence-electron chi connectivity index (χ3n) is 1.46. The van der Waals surface area contributed by atoms with Crippen LogP contribution < -0.4 is 0 Å². The predicted octanol–water partition coefficient (Wildman–Crippen LogP) is 0.470. The molecule has 0 atom stereocenters. The van der Waals surface area contributed by atoms with Crippen molar-refractivity contribution in [2.45, 2.75) is 0 Å². The van der Waals surface area contributed by atoms with Gasteiger partial charge in [0, 0.05) is 6.20 Å². The van der Waals surface area contributed by atoms with Gasteiger partial charge in [-0.25, -0.2) is 9.97 Å². The molecule has 54 valence electrons. The fourth-order valence-corrected chi connectivity index (χ4v) is 0.953. The molecule has 2 rings (SSSR count). The predicted molar refractivity (Wildman–Crippen MR) is 39.7 cm³/mol. The molecule has 4 nitrogen and oxygen atoms in total. The molecule has 0 spiro atoms. The maximum Gasteiger partial charge on any atom is 0.219 e. The molecular formula is C7H5N3O. The van der Waals surface area contributed by atoms with Gasteiger partial charge in [-0.2, -0.15) is 0 Å². The van der Waals surface area contributed by atoms with Crippen molar-refractivity contribution in [2.24, 2.45) is 0 Å². The van der Waals surface area contributed by atoms with Gasteiger partial charge in [0.1, 0.15) is 6.33 Å². The second-order valence-corrected chi connectivity index (χ2v) is 2.10. The summed E-state index contributed by atoms with van der Waals surface area (Å²) in [6, 6.07) is 3.56. The SMILES string of the molecule is O=Cn1cnc2ncccc21. The molecule has 2 heterocycles. The van der Waals surface area contributed by atoms with Crippen molar-refractivity contribution < 1.29 is 4.79 Å². The second-order valence-electron chi connectivity index (χ2n) is 2.10. The van der Waals surface area contributed by atoms with E-state index < -0.39 is 0 Å². The van der Waals surface area contributed by atoms with Gasteiger partial charge < -0.3 is 0 Å². The Morgan fingerprint density at radius 1 is 1.45 bits per heavy atom. The number of carbonyl (C=O) groups is 1. The highest BCUT2D eigenvalue weighted by atomic mass is 16.1. The minimum absolute atomic E-state index is 0.597. The number of carbonyl (C=O) groups excluding carboxylic acids is 1. The topological polar surface area (TPSA) is 47.8 Å². The molecule has 0 aliphatic rings. The smallest absolute Gasteiger partial charge is 0.219 e. The lowest BCUT2D eigenvalue weighted by atomic mass is 10.4. The number of nitrogens with zero attached hydrogens (tertiary/aromatic N) is 3. The minimum Gasteiger partial charge on any atom is -0.278 e. The molecule has 0 fully saturated rings. The number of fused-ring (bicyclic) bond motifs is 1. The molecule has 0 saturated carbocycles. The van der Waals surface area contributed by atoms with Crippen molar-refractivity contribution in [3.05, 3.63) is 24.7 Å². The molecular weight excluding hydrogens is 142 g/mol. The van der Waals surface area contributed by atoms with E-state index in [-0.39, 0.29) is 0 Å². The first-order chi connectivity index (χ1) is 5.42. The van der Waals surface area contributed by atoms with Crippen LogP contribution in [0, 0.1) is 0 Å². The van der Waals surface area contributed by atoms with Crippen LogP contribution in [-0.4, -0.2) is 20.9 Å². The third-order valence-corrected chi connectivity index (χ3v) is 1.46. The summed E-state index contributed by atoms with van der Waals surface area (Å²) in [6.07, 6.45) is 3.80. The molecule has 11 heavy (non-hydrogen) atoms. The summed E-state index contributed by atoms with van der Waals surface area (Å²) in [7, 11) is 0. The molecule has 0 aliphatic heterocycles. The van der Waals surface area contributed by atoms with Crippen LogP contribution in [-0.2, 0) is 4.79 Å². The molecule has 0 N–H and O–H groups in total. The first-order valence-corrected chi connectivity index (χ1v) is 3.14. The summed E-state index contributed by atoms with van der Waals surface area (Å²) in [5.41, 5.74) is 1.34. The number of aromatic nitrogens is 3. The molecule has 4 heteroatoms. The van der Waals surface area contributed by atoms with Gasteiger partial charge in [0.05, 0.1) is 5.52 Å². The molecule has 2 aromatic rings. The van der Waals surface area contributed by atoms with E-state index >= 15 is 0 Å². The monoisotopic (exact) mass is 147 g/mol. The van der Waals surface area contributed by atoms with Crippen LogP contribution in [0.15, 0.2) is 24.7 Å². The normalized spacial score (nSPS) is 10.2. The van der Waals surface area contributed by atoms with Gasteiger partial charge in [-0.3, -0.25) is 9.36 Å². The van der Waals surface area contributed by atoms with Crippen LogP contribution in [0.2, 0.25) is 0 Å². The van der Waals surface area contributed by atoms with E-state index in [1.54, 1.807) is 18.3 Å². The Kier molecular flexibility index (Phi) is 1.18. The van der Waals surface area contributed by atoms with E-state index in [2.05, 4.69) is 9.97 Å². The van der Waals surface area contributed by atoms with Crippen LogP contribution in [0.1, 0.15) is 0 Å². The number of hydrogen-bond donors (Lipinski definition) is 0. The summed E-state index contributed by atoms with van der Waals surface area (Å²) in [4.78, 5) is 18.2. The van der Waals surface area contributed by atoms with E-state index in [0.29, 0.717) is 12.1 Å². The summed E-state index contributed by atoms with van der Waals surface area (Å²) < 4.78 is 1.39. The van der Waals surface area contributed by atoms with Gasteiger partial charge in [-0.1, -0.05) is 0 Å². The van der Waals surface area contributed by atoms with Gasteiger partial charge in [-0.15, -0.1) is 0 Å². The molecule has 0 radical (unpaired) electrons. The Balaban J connectivity index is 2.86. The zero-order valence-electron chi connectivity index (χ0n) is 5.64. The van der Waals surface area contributed by atoms with Crippen molar-refractivity contribution >= 4 is 17.6 Å². The second kappa shape index (κ2) is 2.16. The maximum absolute atomic E-state index is 10.4. The Hall–Kier alpha value is -1.71. The number of hydrogen-bond acceptors (Lipinski definition) is 3. The molecule has 0 unspecified atom stereocenters. The minimum atomic E-state index is 0.597. The summed E-state index contributed by atoms with van der Waals surface area (Å²) in [5, 5.41) is 0. The van der Waals surface area contributed by atoms with Crippen molar-refractivity contribution in [2.75, 3.05) is 0 Å². The number of rotatable bonds is 1. The molecule has 0 aromatic carbocycles. The first-order valence-electron chi connectivity index (χ1n) is 3.14. The highest BCUT2D eigenvalue weighted by Gasteiger charge is 1.98. The molecule has 0 aliphatic carbocycles. The van der Waals surface area contributed by atoms with Crippen LogP contribution in [0.3, 0.4) is 0 Å². The average Bonchev–Trinajstić information content (AvgIpc) is 2.47. The summed E-state index contributed by atoms with van der Waals surface area (Å²) in [5.74, 6) is 0. The van der Waals surface area contributed by atoms with Crippen molar-refractivity contribution in [1.29, 1.82) is 0 Å². The fourth-order valence-electron chi connectivity index (χ4n) is 0.953. The van der Waals surface area contributed by atoms with Gasteiger partial charge in [0.15, 0.2) is 5.65 Å². The van der Waals surface area contributed by atoms with Crippen molar-refractivity contribution in [3.63, 3.8) is 0 Å². The van der Waals surface area contributed by atoms with Gasteiger partial charge in [-0.05, 0) is 12.1 Å². The Morgan fingerprint density at radius 3 is 3.18 bits per heavy atom. The standard InChI is InChI=1S/C7H5N3O/c11-5-10-4-9-7-6(10)2-1-3-8-7/h1-5H. The zero-order chi connectivity index (χ0) is 7.68. The number of imidazole rings is 1. The first kappa shape index (κ1) is 6.03. The highest BCUT2D eigenvalue weighted by molar-refractivity contribution is 5.77. The zero-order valence-corrected chi connectivity index (χ0v) is 5.64. The molecule has 0 bridgehead atoms. The Morgan fingerprint density at radius 2 is 2.36 bits per heavy atom. The molecule has 0 amide bonds. The summed E-state index contributed by atoms with van der Waals surface area (Å²) >= 11 is 0. The van der Waals surface area contributed by atoms with Crippen LogP contribution in [0.25, 0.3) is 11.2 Å². The van der Waals surface area contributed by atoms with Gasteiger partial charge in [0.2, 0.25) is 6.41 Å². The van der Waals surface area contributed by atoms with E-state index in [4.69, 9.17) is 0 Å². The van der Waals surface area contributed by atoms with Crippen LogP contribution >= 0.6 is 0 Å². The highest BCUT2D eigenvalue weighted by Crippen LogP contribution is 2.05. The fraction of sp³-hybridized carbons (Fsp3) is 0. The Bertz CT molecular complexity index is 393. The van der Waals surface area contributed by atoms with E-state index in [1.165, 1.54) is 10.9 Å². The lowest BCUT2D eigenvalue weighted by Crippen LogP contribution is -1.90. The largest absolute Gasteiger partial charge is 0.278 e. The van der Waals surface area contributed by atoms with Crippen LogP contribution in [0.4, 0.5) is 0 Å². The molecule has 0 saturated heterocycles. The van der Waals surface area contributed by atoms with E-state index in [1.807, 2.05) is 0 Å². The lowest BCUT2D eigenvalue weighted by Gasteiger charge is -1.88. The van der Waals surface area contributed by atoms with Crippen molar-refractivity contribution in [1.82, 2.24) is 14.5 Å². The average molecular weight is 147 g/mol. The lowest BCUT2D eigenvalue weighted by molar-refractivity contribution is 0.548. The molecule has 2 aromatic heterocycles. The Labute approximate surface area is 62.5 Å².